The van der Waals surface area contributed by atoms with Crippen LogP contribution in [-0.4, -0.2) is 18.1 Å². The number of ether oxygens (including phenoxy) is 1. The van der Waals surface area contributed by atoms with Gasteiger partial charge < -0.3 is 15.8 Å². The number of hydrogen-bond acceptors (Lipinski definition) is 4. The second-order valence-electron chi connectivity index (χ2n) is 3.23. The molecule has 0 aliphatic heterocycles. The lowest BCUT2D eigenvalue weighted by Crippen LogP contribution is -2.04. The predicted octanol–water partition coefficient (Wildman–Crippen LogP) is 1.25. The highest BCUT2D eigenvalue weighted by atomic mass is 16.5. The monoisotopic (exact) mass is 179 g/mol. The van der Waals surface area contributed by atoms with Crippen molar-refractivity contribution in [2.75, 3.05) is 18.2 Å². The summed E-state index contributed by atoms with van der Waals surface area (Å²) in [6, 6.07) is 2.42. The molecule has 0 unspecified atom stereocenters. The summed E-state index contributed by atoms with van der Waals surface area (Å²) in [7, 11) is 1.60. The maximum atomic E-state index is 5.74. The molecule has 0 atom stereocenters. The van der Waals surface area contributed by atoms with E-state index in [0.29, 0.717) is 17.6 Å². The normalized spacial score (nSPS) is 15.5. The van der Waals surface area contributed by atoms with Gasteiger partial charge in [0.25, 0.3) is 0 Å². The number of hydrogen-bond donors (Lipinski definition) is 2. The molecule has 0 bridgehead atoms. The van der Waals surface area contributed by atoms with E-state index in [-0.39, 0.29) is 0 Å². The second-order valence-corrected chi connectivity index (χ2v) is 3.23. The van der Waals surface area contributed by atoms with Crippen LogP contribution >= 0.6 is 0 Å². The van der Waals surface area contributed by atoms with Gasteiger partial charge in [-0.15, -0.1) is 0 Å². The van der Waals surface area contributed by atoms with Crippen LogP contribution in [0.5, 0.6) is 5.88 Å². The third-order valence-electron chi connectivity index (χ3n) is 2.06. The Kier molecular flexibility index (Phi) is 1.96. The molecule has 0 aromatic carbocycles. The summed E-state index contributed by atoms with van der Waals surface area (Å²) in [5, 5.41) is 3.31. The molecule has 4 nitrogen and oxygen atoms in total. The van der Waals surface area contributed by atoms with Crippen molar-refractivity contribution in [3.05, 3.63) is 12.3 Å². The summed E-state index contributed by atoms with van der Waals surface area (Å²) in [5.41, 5.74) is 7.34. The van der Waals surface area contributed by atoms with Gasteiger partial charge >= 0.3 is 0 Å². The summed E-state index contributed by atoms with van der Waals surface area (Å²) < 4.78 is 5.01. The number of methoxy groups -OCH3 is 1. The minimum absolute atomic E-state index is 0.592. The van der Waals surface area contributed by atoms with E-state index in [2.05, 4.69) is 10.3 Å². The Hall–Kier alpha value is -1.45. The Labute approximate surface area is 77.1 Å². The molecule has 1 aliphatic carbocycles. The fourth-order valence-electron chi connectivity index (χ4n) is 1.13. The molecule has 0 saturated heterocycles. The van der Waals surface area contributed by atoms with Crippen molar-refractivity contribution in [1.82, 2.24) is 4.98 Å². The van der Waals surface area contributed by atoms with Crippen LogP contribution in [0.1, 0.15) is 12.8 Å². The van der Waals surface area contributed by atoms with E-state index in [9.17, 15) is 0 Å². The molecule has 2 rings (SSSR count). The number of pyridine rings is 1. The average Bonchev–Trinajstić information content (AvgIpc) is 2.93. The number of nitrogens with zero attached hydrogens (tertiary/aromatic N) is 1. The summed E-state index contributed by atoms with van der Waals surface area (Å²) in [5.74, 6) is 0.595. The molecule has 0 amide bonds. The quantitative estimate of drug-likeness (QED) is 0.733. The molecule has 1 aromatic heterocycles. The third kappa shape index (κ3) is 1.83. The van der Waals surface area contributed by atoms with Crippen LogP contribution < -0.4 is 15.8 Å². The molecule has 13 heavy (non-hydrogen) atoms. The van der Waals surface area contributed by atoms with E-state index in [0.717, 1.165) is 5.69 Å². The molecule has 1 aromatic rings. The van der Waals surface area contributed by atoms with E-state index in [1.165, 1.54) is 12.8 Å². The first-order chi connectivity index (χ1) is 6.29. The van der Waals surface area contributed by atoms with Crippen molar-refractivity contribution in [2.45, 2.75) is 18.9 Å². The van der Waals surface area contributed by atoms with E-state index in [1.807, 2.05) is 6.07 Å². The molecule has 3 N–H and O–H groups in total. The van der Waals surface area contributed by atoms with Crippen LogP contribution in [0.2, 0.25) is 0 Å². The van der Waals surface area contributed by atoms with Gasteiger partial charge in [-0.3, -0.25) is 0 Å². The number of rotatable bonds is 3. The lowest BCUT2D eigenvalue weighted by molar-refractivity contribution is 0.398. The number of nitrogens with one attached hydrogen (secondary N) is 1. The van der Waals surface area contributed by atoms with Gasteiger partial charge in [-0.1, -0.05) is 0 Å². The Morgan fingerprint density at radius 2 is 2.38 bits per heavy atom. The highest BCUT2D eigenvalue weighted by molar-refractivity contribution is 5.66. The molecule has 1 fully saturated rings. The highest BCUT2D eigenvalue weighted by Gasteiger charge is 2.21. The van der Waals surface area contributed by atoms with Crippen molar-refractivity contribution in [1.29, 1.82) is 0 Å². The molecule has 1 aliphatic rings. The van der Waals surface area contributed by atoms with E-state index in [1.54, 1.807) is 13.3 Å². The van der Waals surface area contributed by atoms with Crippen molar-refractivity contribution in [2.24, 2.45) is 0 Å². The predicted molar refractivity (Wildman–Crippen MR) is 51.8 cm³/mol. The minimum Gasteiger partial charge on any atom is -0.481 e. The standard InChI is InChI=1S/C9H13N3O/c1-13-9-4-8(7(10)5-11-9)12-6-2-3-6/h4-6H,2-3,10H2,1H3,(H,11,12). The molecule has 1 saturated carbocycles. The van der Waals surface area contributed by atoms with Crippen LogP contribution in [0.3, 0.4) is 0 Å². The smallest absolute Gasteiger partial charge is 0.215 e. The first-order valence-electron chi connectivity index (χ1n) is 4.35. The molecule has 70 valence electrons. The largest absolute Gasteiger partial charge is 0.481 e. The summed E-state index contributed by atoms with van der Waals surface area (Å²) in [4.78, 5) is 4.00. The lowest BCUT2D eigenvalue weighted by Gasteiger charge is -2.08. The van der Waals surface area contributed by atoms with Gasteiger partial charge in [0, 0.05) is 12.1 Å². The van der Waals surface area contributed by atoms with Crippen LogP contribution in [0.4, 0.5) is 11.4 Å². The SMILES string of the molecule is COc1cc(NC2CC2)c(N)cn1. The van der Waals surface area contributed by atoms with Crippen LogP contribution in [0.25, 0.3) is 0 Å². The summed E-state index contributed by atoms with van der Waals surface area (Å²) in [6.45, 7) is 0. The zero-order chi connectivity index (χ0) is 9.26. The molecule has 4 heteroatoms. The van der Waals surface area contributed by atoms with E-state index in [4.69, 9.17) is 10.5 Å². The van der Waals surface area contributed by atoms with Gasteiger partial charge in [0.2, 0.25) is 5.88 Å². The van der Waals surface area contributed by atoms with Crippen molar-refractivity contribution >= 4 is 11.4 Å². The average molecular weight is 179 g/mol. The number of nitrogen functional groups attached to an aromatic ring is 1. The molecular weight excluding hydrogens is 166 g/mol. The first kappa shape index (κ1) is 8.16. The Morgan fingerprint density at radius 1 is 1.62 bits per heavy atom. The Bertz CT molecular complexity index is 310. The van der Waals surface area contributed by atoms with Crippen LogP contribution in [0.15, 0.2) is 12.3 Å². The second kappa shape index (κ2) is 3.12. The topological polar surface area (TPSA) is 60.2 Å². The van der Waals surface area contributed by atoms with Gasteiger partial charge in [-0.2, -0.15) is 0 Å². The summed E-state index contributed by atoms with van der Waals surface area (Å²) in [6.07, 6.45) is 4.07. The fraction of sp³-hybridized carbons (Fsp3) is 0.444. The van der Waals surface area contributed by atoms with Crippen molar-refractivity contribution in [3.63, 3.8) is 0 Å². The van der Waals surface area contributed by atoms with Gasteiger partial charge in [-0.25, -0.2) is 4.98 Å². The van der Waals surface area contributed by atoms with E-state index < -0.39 is 0 Å². The number of nitrogens with two attached hydrogens (primary N) is 1. The molecule has 1 heterocycles. The minimum atomic E-state index is 0.592. The fourth-order valence-corrected chi connectivity index (χ4v) is 1.13. The van der Waals surface area contributed by atoms with Crippen LogP contribution in [-0.2, 0) is 0 Å². The highest BCUT2D eigenvalue weighted by Crippen LogP contribution is 2.29. The van der Waals surface area contributed by atoms with E-state index >= 15 is 0 Å². The molecule has 0 spiro atoms. The third-order valence-corrected chi connectivity index (χ3v) is 2.06. The van der Waals surface area contributed by atoms with Gasteiger partial charge in [0.1, 0.15) is 0 Å². The Balaban J connectivity index is 2.19. The number of aromatic nitrogens is 1. The van der Waals surface area contributed by atoms with Crippen LogP contribution in [0, 0.1) is 0 Å². The molecular formula is C9H13N3O. The zero-order valence-corrected chi connectivity index (χ0v) is 7.58. The van der Waals surface area contributed by atoms with Crippen molar-refractivity contribution in [3.8, 4) is 5.88 Å². The van der Waals surface area contributed by atoms with Gasteiger partial charge in [-0.05, 0) is 12.8 Å². The molecule has 0 radical (unpaired) electrons. The lowest BCUT2D eigenvalue weighted by atomic mass is 10.3. The van der Waals surface area contributed by atoms with Gasteiger partial charge in [0.15, 0.2) is 0 Å². The first-order valence-corrected chi connectivity index (χ1v) is 4.35. The van der Waals surface area contributed by atoms with Gasteiger partial charge in [0.05, 0.1) is 24.7 Å². The Morgan fingerprint density at radius 3 is 3.00 bits per heavy atom. The maximum absolute atomic E-state index is 5.74. The number of anilines is 2. The zero-order valence-electron chi connectivity index (χ0n) is 7.58. The van der Waals surface area contributed by atoms with Crippen molar-refractivity contribution < 1.29 is 4.74 Å². The summed E-state index contributed by atoms with van der Waals surface area (Å²) >= 11 is 0. The maximum Gasteiger partial charge on any atom is 0.215 e.